The summed E-state index contributed by atoms with van der Waals surface area (Å²) in [5, 5.41) is 4.54. The number of fused-ring (bicyclic) bond motifs is 2. The van der Waals surface area contributed by atoms with Gasteiger partial charge in [0.2, 0.25) is 0 Å². The SMILES string of the molecule is CC(C)N1CCn2nc(C(=O)N(C)C[C@@H]3Cc4ccccc4O3)cc2C1. The minimum atomic E-state index is -0.0393. The van der Waals surface area contributed by atoms with Crippen molar-refractivity contribution in [3.05, 3.63) is 47.3 Å². The average Bonchev–Trinajstić information content (AvgIpc) is 3.23. The van der Waals surface area contributed by atoms with Gasteiger partial charge in [-0.1, -0.05) is 18.2 Å². The molecule has 6 heteroatoms. The van der Waals surface area contributed by atoms with Gasteiger partial charge < -0.3 is 9.64 Å². The Kier molecular flexibility index (Phi) is 4.44. The van der Waals surface area contributed by atoms with Gasteiger partial charge in [-0.15, -0.1) is 0 Å². The Morgan fingerprint density at radius 1 is 1.35 bits per heavy atom. The van der Waals surface area contributed by atoms with E-state index < -0.39 is 0 Å². The lowest BCUT2D eigenvalue weighted by Crippen LogP contribution is -2.38. The van der Waals surface area contributed by atoms with Gasteiger partial charge in [-0.2, -0.15) is 5.10 Å². The van der Waals surface area contributed by atoms with E-state index in [0.717, 1.165) is 37.5 Å². The van der Waals surface area contributed by atoms with Crippen molar-refractivity contribution in [1.82, 2.24) is 19.6 Å². The van der Waals surface area contributed by atoms with E-state index >= 15 is 0 Å². The van der Waals surface area contributed by atoms with Crippen LogP contribution < -0.4 is 4.74 Å². The van der Waals surface area contributed by atoms with Crippen LogP contribution in [0.15, 0.2) is 30.3 Å². The molecule has 1 aromatic carbocycles. The molecular formula is C20H26N4O2. The number of hydrogen-bond donors (Lipinski definition) is 0. The molecule has 0 fully saturated rings. The van der Waals surface area contributed by atoms with Gasteiger partial charge in [0.1, 0.15) is 11.9 Å². The minimum absolute atomic E-state index is 0.00928. The standard InChI is InChI=1S/C20H26N4O2/c1-14(2)23-8-9-24-16(12-23)11-18(21-24)20(25)22(3)13-17-10-15-6-4-5-7-19(15)26-17/h4-7,11,14,17H,8-10,12-13H2,1-3H3/t17-/m0/s1. The number of para-hydroxylation sites is 1. The zero-order valence-electron chi connectivity index (χ0n) is 15.7. The van der Waals surface area contributed by atoms with Crippen molar-refractivity contribution in [2.45, 2.75) is 45.5 Å². The highest BCUT2D eigenvalue weighted by Crippen LogP contribution is 2.28. The lowest BCUT2D eigenvalue weighted by Gasteiger charge is -2.30. The fourth-order valence-electron chi connectivity index (χ4n) is 3.77. The number of carbonyl (C=O) groups is 1. The Morgan fingerprint density at radius 2 is 2.15 bits per heavy atom. The van der Waals surface area contributed by atoms with Crippen molar-refractivity contribution in [3.8, 4) is 5.75 Å². The van der Waals surface area contributed by atoms with Crippen LogP contribution in [0.25, 0.3) is 0 Å². The van der Waals surface area contributed by atoms with E-state index in [9.17, 15) is 4.79 Å². The normalized spacial score (nSPS) is 19.2. The van der Waals surface area contributed by atoms with Crippen LogP contribution in [0, 0.1) is 0 Å². The molecule has 0 radical (unpaired) electrons. The van der Waals surface area contributed by atoms with Gasteiger partial charge in [-0.25, -0.2) is 0 Å². The smallest absolute Gasteiger partial charge is 0.274 e. The molecule has 26 heavy (non-hydrogen) atoms. The first-order chi connectivity index (χ1) is 12.5. The van der Waals surface area contributed by atoms with E-state index in [-0.39, 0.29) is 12.0 Å². The molecule has 0 aliphatic carbocycles. The van der Waals surface area contributed by atoms with Crippen LogP contribution in [-0.4, -0.2) is 57.8 Å². The molecule has 0 saturated heterocycles. The zero-order valence-corrected chi connectivity index (χ0v) is 15.7. The number of amides is 1. The third-order valence-corrected chi connectivity index (χ3v) is 5.31. The maximum atomic E-state index is 12.8. The highest BCUT2D eigenvalue weighted by molar-refractivity contribution is 5.92. The second-order valence-corrected chi connectivity index (χ2v) is 7.55. The van der Waals surface area contributed by atoms with E-state index in [2.05, 4.69) is 29.9 Å². The maximum Gasteiger partial charge on any atom is 0.274 e. The van der Waals surface area contributed by atoms with Crippen molar-refractivity contribution >= 4 is 5.91 Å². The van der Waals surface area contributed by atoms with Crippen LogP contribution in [0.3, 0.4) is 0 Å². The number of aromatic nitrogens is 2. The van der Waals surface area contributed by atoms with Crippen LogP contribution in [-0.2, 0) is 19.5 Å². The van der Waals surface area contributed by atoms with E-state index in [1.165, 1.54) is 5.56 Å². The van der Waals surface area contributed by atoms with E-state index in [1.807, 2.05) is 36.0 Å². The van der Waals surface area contributed by atoms with Crippen LogP contribution in [0.5, 0.6) is 5.75 Å². The third kappa shape index (κ3) is 3.21. The second-order valence-electron chi connectivity index (χ2n) is 7.55. The predicted molar refractivity (Wildman–Crippen MR) is 99.3 cm³/mol. The van der Waals surface area contributed by atoms with Crippen LogP contribution in [0.4, 0.5) is 0 Å². The number of likely N-dealkylation sites (N-methyl/N-ethyl adjacent to an activating group) is 1. The van der Waals surface area contributed by atoms with Crippen molar-refractivity contribution in [2.24, 2.45) is 0 Å². The largest absolute Gasteiger partial charge is 0.488 e. The molecule has 6 nitrogen and oxygen atoms in total. The fourth-order valence-corrected chi connectivity index (χ4v) is 3.77. The first-order valence-corrected chi connectivity index (χ1v) is 9.32. The number of rotatable bonds is 4. The number of nitrogens with zero attached hydrogens (tertiary/aromatic N) is 4. The Morgan fingerprint density at radius 3 is 2.92 bits per heavy atom. The van der Waals surface area contributed by atoms with E-state index in [4.69, 9.17) is 4.74 Å². The van der Waals surface area contributed by atoms with Gasteiger partial charge in [-0.05, 0) is 31.5 Å². The Bertz CT molecular complexity index is 789. The van der Waals surface area contributed by atoms with Crippen molar-refractivity contribution in [3.63, 3.8) is 0 Å². The lowest BCUT2D eigenvalue weighted by molar-refractivity contribution is 0.0723. The monoisotopic (exact) mass is 354 g/mol. The van der Waals surface area contributed by atoms with E-state index in [0.29, 0.717) is 18.3 Å². The molecule has 138 valence electrons. The Labute approximate surface area is 154 Å². The molecule has 3 heterocycles. The number of hydrogen-bond acceptors (Lipinski definition) is 4. The van der Waals surface area contributed by atoms with E-state index in [1.54, 1.807) is 4.90 Å². The highest BCUT2D eigenvalue weighted by atomic mass is 16.5. The van der Waals surface area contributed by atoms with Crippen molar-refractivity contribution in [2.75, 3.05) is 20.1 Å². The van der Waals surface area contributed by atoms with Crippen molar-refractivity contribution in [1.29, 1.82) is 0 Å². The summed E-state index contributed by atoms with van der Waals surface area (Å²) in [4.78, 5) is 16.9. The summed E-state index contributed by atoms with van der Waals surface area (Å²) < 4.78 is 7.93. The molecule has 2 aromatic rings. The summed E-state index contributed by atoms with van der Waals surface area (Å²) in [6, 6.07) is 10.5. The summed E-state index contributed by atoms with van der Waals surface area (Å²) in [6.07, 6.45) is 0.853. The number of carbonyl (C=O) groups excluding carboxylic acids is 1. The topological polar surface area (TPSA) is 50.6 Å². The first-order valence-electron chi connectivity index (χ1n) is 9.32. The average molecular weight is 354 g/mol. The molecule has 4 rings (SSSR count). The Hall–Kier alpha value is -2.34. The van der Waals surface area contributed by atoms with Crippen molar-refractivity contribution < 1.29 is 9.53 Å². The summed E-state index contributed by atoms with van der Waals surface area (Å²) in [6.45, 7) is 7.63. The van der Waals surface area contributed by atoms with Gasteiger partial charge in [0.15, 0.2) is 5.69 Å². The Balaban J connectivity index is 1.41. The first kappa shape index (κ1) is 17.1. The molecule has 1 aromatic heterocycles. The summed E-state index contributed by atoms with van der Waals surface area (Å²) >= 11 is 0. The van der Waals surface area contributed by atoms with Gasteiger partial charge in [0.05, 0.1) is 18.8 Å². The molecule has 0 saturated carbocycles. The van der Waals surface area contributed by atoms with Gasteiger partial charge >= 0.3 is 0 Å². The minimum Gasteiger partial charge on any atom is -0.488 e. The fraction of sp³-hybridized carbons (Fsp3) is 0.500. The molecular weight excluding hydrogens is 328 g/mol. The lowest BCUT2D eigenvalue weighted by atomic mass is 10.1. The molecule has 0 spiro atoms. The molecule has 2 aliphatic heterocycles. The van der Waals surface area contributed by atoms with Gasteiger partial charge in [-0.3, -0.25) is 14.4 Å². The molecule has 0 bridgehead atoms. The predicted octanol–water partition coefficient (Wildman–Crippen LogP) is 2.18. The van der Waals surface area contributed by atoms with Gasteiger partial charge in [0, 0.05) is 32.6 Å². The molecule has 2 aliphatic rings. The van der Waals surface area contributed by atoms with Crippen LogP contribution in [0.1, 0.15) is 35.6 Å². The second kappa shape index (κ2) is 6.76. The van der Waals surface area contributed by atoms with Crippen LogP contribution in [0.2, 0.25) is 0 Å². The highest BCUT2D eigenvalue weighted by Gasteiger charge is 2.27. The van der Waals surface area contributed by atoms with Gasteiger partial charge in [0.25, 0.3) is 5.91 Å². The summed E-state index contributed by atoms with van der Waals surface area (Å²) in [5.41, 5.74) is 2.86. The maximum absolute atomic E-state index is 12.8. The zero-order chi connectivity index (χ0) is 18.3. The molecule has 0 N–H and O–H groups in total. The third-order valence-electron chi connectivity index (χ3n) is 5.31. The number of benzene rings is 1. The quantitative estimate of drug-likeness (QED) is 0.844. The molecule has 1 atom stereocenters. The number of ether oxygens (including phenoxy) is 1. The molecule has 1 amide bonds. The molecule has 0 unspecified atom stereocenters. The summed E-state index contributed by atoms with van der Waals surface area (Å²) in [5.74, 6) is 0.895. The summed E-state index contributed by atoms with van der Waals surface area (Å²) in [7, 11) is 1.83. The van der Waals surface area contributed by atoms with Crippen LogP contribution >= 0.6 is 0 Å².